The van der Waals surface area contributed by atoms with E-state index in [4.69, 9.17) is 4.74 Å². The van der Waals surface area contributed by atoms with E-state index in [1.54, 1.807) is 17.3 Å². The van der Waals surface area contributed by atoms with E-state index in [1.165, 1.54) is 5.56 Å². The van der Waals surface area contributed by atoms with Crippen LogP contribution >= 0.6 is 0 Å². The lowest BCUT2D eigenvalue weighted by molar-refractivity contribution is -0.147. The lowest BCUT2D eigenvalue weighted by Gasteiger charge is -2.38. The zero-order valence-electron chi connectivity index (χ0n) is 13.5. The van der Waals surface area contributed by atoms with E-state index in [-0.39, 0.29) is 11.3 Å². The van der Waals surface area contributed by atoms with E-state index < -0.39 is 0 Å². The van der Waals surface area contributed by atoms with Crippen LogP contribution in [-0.4, -0.2) is 41.0 Å². The van der Waals surface area contributed by atoms with Crippen molar-refractivity contribution in [3.8, 4) is 0 Å². The Labute approximate surface area is 136 Å². The van der Waals surface area contributed by atoms with Crippen molar-refractivity contribution in [2.75, 3.05) is 20.3 Å². The molecule has 0 atom stereocenters. The lowest BCUT2D eigenvalue weighted by atomic mass is 9.74. The van der Waals surface area contributed by atoms with Gasteiger partial charge in [0.2, 0.25) is 5.91 Å². The maximum absolute atomic E-state index is 13.2. The highest BCUT2D eigenvalue weighted by Crippen LogP contribution is 2.36. The molecule has 1 N–H and O–H groups in total. The monoisotopic (exact) mass is 313 g/mol. The molecule has 0 unspecified atom stereocenters. The molecule has 0 bridgehead atoms. The van der Waals surface area contributed by atoms with E-state index in [0.717, 1.165) is 25.1 Å². The van der Waals surface area contributed by atoms with Gasteiger partial charge < -0.3 is 14.6 Å². The summed E-state index contributed by atoms with van der Waals surface area (Å²) in [6.07, 6.45) is 5.79. The van der Waals surface area contributed by atoms with Crippen LogP contribution in [0.5, 0.6) is 0 Å². The molecule has 0 radical (unpaired) electrons. The molecule has 1 aromatic carbocycles. The van der Waals surface area contributed by atoms with Gasteiger partial charge in [-0.2, -0.15) is 0 Å². The number of benzene rings is 1. The molecule has 0 spiro atoms. The Morgan fingerprint density at radius 2 is 2.04 bits per heavy atom. The highest BCUT2D eigenvalue weighted by molar-refractivity contribution is 5.83. The molecule has 0 aliphatic carbocycles. The number of imidazole rings is 1. The topological polar surface area (TPSA) is 58.2 Å². The van der Waals surface area contributed by atoms with E-state index in [1.807, 2.05) is 25.2 Å². The molecule has 5 heteroatoms. The van der Waals surface area contributed by atoms with Crippen molar-refractivity contribution in [2.24, 2.45) is 5.41 Å². The van der Waals surface area contributed by atoms with Crippen molar-refractivity contribution in [1.82, 2.24) is 14.9 Å². The number of carbonyl (C=O) groups excluding carboxylic acids is 1. The summed E-state index contributed by atoms with van der Waals surface area (Å²) in [6, 6.07) is 10.2. The van der Waals surface area contributed by atoms with Gasteiger partial charge in [0.05, 0.1) is 12.0 Å². The molecule has 1 saturated heterocycles. The van der Waals surface area contributed by atoms with Gasteiger partial charge in [-0.25, -0.2) is 4.98 Å². The Hall–Kier alpha value is -2.14. The van der Waals surface area contributed by atoms with Crippen molar-refractivity contribution in [2.45, 2.75) is 25.8 Å². The molecule has 2 heterocycles. The second-order valence-electron chi connectivity index (χ2n) is 6.25. The van der Waals surface area contributed by atoms with Crippen molar-refractivity contribution in [3.05, 3.63) is 54.1 Å². The lowest BCUT2D eigenvalue weighted by Crippen LogP contribution is -2.46. The van der Waals surface area contributed by atoms with Crippen LogP contribution < -0.4 is 0 Å². The molecule has 122 valence electrons. The van der Waals surface area contributed by atoms with E-state index >= 15 is 0 Å². The van der Waals surface area contributed by atoms with Crippen LogP contribution in [0.3, 0.4) is 0 Å². The van der Waals surface area contributed by atoms with Gasteiger partial charge in [-0.15, -0.1) is 0 Å². The fourth-order valence-electron chi connectivity index (χ4n) is 3.30. The number of nitrogens with zero attached hydrogens (tertiary/aromatic N) is 2. The fourth-order valence-corrected chi connectivity index (χ4v) is 3.30. The molecule has 2 aromatic rings. The minimum atomic E-state index is -0.374. The molecule has 3 rings (SSSR count). The zero-order chi connectivity index (χ0) is 16.1. The Bertz CT molecular complexity index is 619. The van der Waals surface area contributed by atoms with Crippen molar-refractivity contribution < 1.29 is 9.53 Å². The molecular formula is C18H23N3O2. The van der Waals surface area contributed by atoms with Gasteiger partial charge in [-0.1, -0.05) is 30.3 Å². The minimum absolute atomic E-state index is 0.182. The molecular weight excluding hydrogens is 290 g/mol. The largest absolute Gasteiger partial charge is 0.381 e. The molecule has 5 nitrogen and oxygen atoms in total. The standard InChI is InChI=1S/C18H23N3O2/c1-21(14-16-19-9-10-20-16)17(22)18(7-11-23-12-8-18)13-15-5-3-2-4-6-15/h2-6,9-10H,7-8,11-14H2,1H3,(H,19,20). The summed E-state index contributed by atoms with van der Waals surface area (Å²) in [5.41, 5.74) is 0.829. The zero-order valence-corrected chi connectivity index (χ0v) is 13.5. The number of amides is 1. The van der Waals surface area contributed by atoms with E-state index in [2.05, 4.69) is 22.1 Å². The number of rotatable bonds is 5. The Balaban J connectivity index is 1.78. The van der Waals surface area contributed by atoms with Gasteiger partial charge >= 0.3 is 0 Å². The van der Waals surface area contributed by atoms with Gasteiger partial charge in [0.15, 0.2) is 0 Å². The minimum Gasteiger partial charge on any atom is -0.381 e. The van der Waals surface area contributed by atoms with E-state index in [9.17, 15) is 4.79 Å². The predicted octanol–water partition coefficient (Wildman–Crippen LogP) is 2.41. The normalized spacial score (nSPS) is 16.9. The van der Waals surface area contributed by atoms with Crippen LogP contribution in [0.4, 0.5) is 0 Å². The first kappa shape index (κ1) is 15.7. The van der Waals surface area contributed by atoms with Crippen LogP contribution in [0.2, 0.25) is 0 Å². The van der Waals surface area contributed by atoms with E-state index in [0.29, 0.717) is 19.8 Å². The summed E-state index contributed by atoms with van der Waals surface area (Å²) in [7, 11) is 1.85. The second kappa shape index (κ2) is 6.96. The molecule has 23 heavy (non-hydrogen) atoms. The first-order chi connectivity index (χ1) is 11.2. The third kappa shape index (κ3) is 3.62. The molecule has 1 aliphatic heterocycles. The average molecular weight is 313 g/mol. The quantitative estimate of drug-likeness (QED) is 0.922. The predicted molar refractivity (Wildman–Crippen MR) is 87.7 cm³/mol. The summed E-state index contributed by atoms with van der Waals surface area (Å²) >= 11 is 0. The number of aromatic nitrogens is 2. The third-order valence-electron chi connectivity index (χ3n) is 4.58. The average Bonchev–Trinajstić information content (AvgIpc) is 3.09. The maximum atomic E-state index is 13.2. The Morgan fingerprint density at radius 1 is 1.30 bits per heavy atom. The second-order valence-corrected chi connectivity index (χ2v) is 6.25. The van der Waals surface area contributed by atoms with Gasteiger partial charge in [0.1, 0.15) is 5.82 Å². The summed E-state index contributed by atoms with van der Waals surface area (Å²) in [6.45, 7) is 1.80. The SMILES string of the molecule is CN(Cc1ncc[nH]1)C(=O)C1(Cc2ccccc2)CCOCC1. The first-order valence-electron chi connectivity index (χ1n) is 8.05. The smallest absolute Gasteiger partial charge is 0.229 e. The van der Waals surface area contributed by atoms with Crippen LogP contribution in [0.15, 0.2) is 42.7 Å². The summed E-state index contributed by atoms with van der Waals surface area (Å²) in [5.74, 6) is 0.990. The highest BCUT2D eigenvalue weighted by Gasteiger charge is 2.41. The summed E-state index contributed by atoms with van der Waals surface area (Å²) in [4.78, 5) is 22.2. The number of nitrogens with one attached hydrogen (secondary N) is 1. The van der Waals surface area contributed by atoms with Crippen LogP contribution in [0, 0.1) is 5.41 Å². The van der Waals surface area contributed by atoms with Gasteiger partial charge in [-0.3, -0.25) is 4.79 Å². The number of hydrogen-bond donors (Lipinski definition) is 1. The summed E-state index contributed by atoms with van der Waals surface area (Å²) < 4.78 is 5.51. The fraction of sp³-hybridized carbons (Fsp3) is 0.444. The molecule has 1 aromatic heterocycles. The first-order valence-corrected chi connectivity index (χ1v) is 8.05. The van der Waals surface area contributed by atoms with Gasteiger partial charge in [0.25, 0.3) is 0 Å². The highest BCUT2D eigenvalue weighted by atomic mass is 16.5. The van der Waals surface area contributed by atoms with Crippen molar-refractivity contribution >= 4 is 5.91 Å². The molecule has 1 amide bonds. The summed E-state index contributed by atoms with van der Waals surface area (Å²) in [5, 5.41) is 0. The Morgan fingerprint density at radius 3 is 2.70 bits per heavy atom. The number of aromatic amines is 1. The number of carbonyl (C=O) groups is 1. The van der Waals surface area contributed by atoms with Crippen LogP contribution in [0.25, 0.3) is 0 Å². The Kier molecular flexibility index (Phi) is 4.76. The van der Waals surface area contributed by atoms with Crippen LogP contribution in [0.1, 0.15) is 24.2 Å². The maximum Gasteiger partial charge on any atom is 0.229 e. The van der Waals surface area contributed by atoms with Gasteiger partial charge in [-0.05, 0) is 24.8 Å². The van der Waals surface area contributed by atoms with Crippen molar-refractivity contribution in [3.63, 3.8) is 0 Å². The van der Waals surface area contributed by atoms with Crippen LogP contribution in [-0.2, 0) is 22.5 Å². The number of H-pyrrole nitrogens is 1. The third-order valence-corrected chi connectivity index (χ3v) is 4.58. The number of hydrogen-bond acceptors (Lipinski definition) is 3. The molecule has 1 fully saturated rings. The number of ether oxygens (including phenoxy) is 1. The molecule has 0 saturated carbocycles. The molecule has 1 aliphatic rings. The van der Waals surface area contributed by atoms with Crippen molar-refractivity contribution in [1.29, 1.82) is 0 Å². The van der Waals surface area contributed by atoms with Gasteiger partial charge in [0, 0.05) is 32.7 Å².